The molecule has 0 saturated carbocycles. The highest BCUT2D eigenvalue weighted by Crippen LogP contribution is 2.25. The molecule has 6 aromatic rings. The Bertz CT molecular complexity index is 2250. The standard InChI is InChI=1S/C40H32N6O8S.C2H6/c47-37(43-29-9-7-11-31(25-29)45-39(49)53-33-13-3-1-4-14-33)41-27-17-21-35(22-18-27)55(51,52)36-23-19-28(20-24-36)42-38(48)44-30-10-8-12-32(26-30)46-40(50)54-34-15-5-2-6-16-34;1-2/h1-26H,(H,45,49)(H,46,50)(H2,41,43,47)(H2,42,44,48);1-2H3. The van der Waals surface area contributed by atoms with Crippen molar-refractivity contribution in [3.8, 4) is 11.5 Å². The predicted octanol–water partition coefficient (Wildman–Crippen LogP) is 10.1. The number of ether oxygens (including phenoxy) is 2. The molecule has 0 saturated heterocycles. The van der Waals surface area contributed by atoms with E-state index in [0.717, 1.165) is 0 Å². The number of rotatable bonds is 10. The van der Waals surface area contributed by atoms with Crippen molar-refractivity contribution in [2.75, 3.05) is 31.9 Å². The molecule has 0 unspecified atom stereocenters. The molecule has 6 N–H and O–H groups in total. The fourth-order valence-electron chi connectivity index (χ4n) is 4.99. The second-order valence-corrected chi connectivity index (χ2v) is 13.5. The topological polar surface area (TPSA) is 193 Å². The van der Waals surface area contributed by atoms with Crippen molar-refractivity contribution in [1.82, 2.24) is 0 Å². The summed E-state index contributed by atoms with van der Waals surface area (Å²) >= 11 is 0. The van der Waals surface area contributed by atoms with Gasteiger partial charge in [-0.25, -0.2) is 27.6 Å². The number of hydrogen-bond donors (Lipinski definition) is 6. The van der Waals surface area contributed by atoms with Crippen LogP contribution in [0.3, 0.4) is 0 Å². The Hall–Kier alpha value is -7.65. The molecule has 15 heteroatoms. The quantitative estimate of drug-likeness (QED) is 0.0790. The predicted molar refractivity (Wildman–Crippen MR) is 220 cm³/mol. The van der Waals surface area contributed by atoms with Gasteiger partial charge in [0, 0.05) is 34.1 Å². The van der Waals surface area contributed by atoms with Crippen LogP contribution in [0.15, 0.2) is 168 Å². The van der Waals surface area contributed by atoms with Gasteiger partial charge in [0.05, 0.1) is 9.79 Å². The summed E-state index contributed by atoms with van der Waals surface area (Å²) in [5.41, 5.74) is 2.21. The average Bonchev–Trinajstić information content (AvgIpc) is 3.20. The molecule has 0 atom stereocenters. The third kappa shape index (κ3) is 12.2. The molecular weight excluding hydrogens is 749 g/mol. The maximum atomic E-state index is 13.3. The van der Waals surface area contributed by atoms with E-state index < -0.39 is 34.1 Å². The first-order chi connectivity index (χ1) is 27.6. The number of urea groups is 2. The van der Waals surface area contributed by atoms with E-state index in [1.165, 1.54) is 48.5 Å². The highest BCUT2D eigenvalue weighted by atomic mass is 32.2. The van der Waals surface area contributed by atoms with E-state index in [9.17, 15) is 27.6 Å². The summed E-state index contributed by atoms with van der Waals surface area (Å²) in [5.74, 6) is 0.751. The van der Waals surface area contributed by atoms with Crippen LogP contribution >= 0.6 is 0 Å². The normalized spacial score (nSPS) is 10.4. The number of carbonyl (C=O) groups is 4. The van der Waals surface area contributed by atoms with Crippen molar-refractivity contribution in [3.05, 3.63) is 158 Å². The van der Waals surface area contributed by atoms with E-state index in [-0.39, 0.29) is 9.79 Å². The Kier molecular flexibility index (Phi) is 13.9. The second-order valence-electron chi connectivity index (χ2n) is 11.5. The third-order valence-electron chi connectivity index (χ3n) is 7.49. The Morgan fingerprint density at radius 3 is 1.05 bits per heavy atom. The van der Waals surface area contributed by atoms with Gasteiger partial charge in [-0.05, 0) is 109 Å². The molecule has 0 aliphatic rings. The molecular formula is C42H38N6O8S. The summed E-state index contributed by atoms with van der Waals surface area (Å²) in [6, 6.07) is 40.0. The van der Waals surface area contributed by atoms with Crippen LogP contribution in [0.1, 0.15) is 13.8 Å². The minimum absolute atomic E-state index is 0.0146. The van der Waals surface area contributed by atoms with Crippen LogP contribution in [-0.2, 0) is 9.84 Å². The number of amides is 6. The maximum absolute atomic E-state index is 13.3. The first-order valence-electron chi connectivity index (χ1n) is 17.5. The molecule has 0 aromatic heterocycles. The second kappa shape index (κ2) is 19.6. The van der Waals surface area contributed by atoms with E-state index in [1.807, 2.05) is 13.8 Å². The first-order valence-corrected chi connectivity index (χ1v) is 19.0. The smallest absolute Gasteiger partial charge is 0.410 e. The Balaban J connectivity index is 0.00000305. The third-order valence-corrected chi connectivity index (χ3v) is 9.27. The largest absolute Gasteiger partial charge is 0.417 e. The minimum Gasteiger partial charge on any atom is -0.410 e. The summed E-state index contributed by atoms with van der Waals surface area (Å²) in [7, 11) is -3.94. The zero-order chi connectivity index (χ0) is 40.6. The zero-order valence-corrected chi connectivity index (χ0v) is 31.5. The Labute approximate surface area is 329 Å². The summed E-state index contributed by atoms with van der Waals surface area (Å²) in [4.78, 5) is 49.8. The van der Waals surface area contributed by atoms with E-state index in [4.69, 9.17) is 9.47 Å². The SMILES string of the molecule is CC.O=C(Nc1ccc(S(=O)(=O)c2ccc(NC(=O)Nc3cccc(NC(=O)Oc4ccccc4)c3)cc2)cc1)Nc1cccc(NC(=O)Oc2ccccc2)c1. The lowest BCUT2D eigenvalue weighted by Crippen LogP contribution is -2.20. The molecule has 0 bridgehead atoms. The lowest BCUT2D eigenvalue weighted by atomic mass is 10.3. The molecule has 57 heavy (non-hydrogen) atoms. The van der Waals surface area contributed by atoms with Crippen LogP contribution in [-0.4, -0.2) is 32.7 Å². The lowest BCUT2D eigenvalue weighted by Gasteiger charge is -2.11. The van der Waals surface area contributed by atoms with Gasteiger partial charge in [0.25, 0.3) is 0 Å². The molecule has 0 radical (unpaired) electrons. The van der Waals surface area contributed by atoms with Crippen LogP contribution in [0.25, 0.3) is 0 Å². The summed E-state index contributed by atoms with van der Waals surface area (Å²) in [6.45, 7) is 4.00. The van der Waals surface area contributed by atoms with Crippen LogP contribution in [0.2, 0.25) is 0 Å². The number of benzene rings is 6. The molecule has 290 valence electrons. The molecule has 0 fully saturated rings. The maximum Gasteiger partial charge on any atom is 0.417 e. The number of para-hydroxylation sites is 2. The molecule has 0 aliphatic heterocycles. The highest BCUT2D eigenvalue weighted by molar-refractivity contribution is 7.91. The summed E-state index contributed by atoms with van der Waals surface area (Å²) in [6.07, 6.45) is -1.39. The van der Waals surface area contributed by atoms with Crippen molar-refractivity contribution >= 4 is 68.2 Å². The van der Waals surface area contributed by atoms with Gasteiger partial charge in [0.1, 0.15) is 11.5 Å². The monoisotopic (exact) mass is 786 g/mol. The zero-order valence-electron chi connectivity index (χ0n) is 30.7. The van der Waals surface area contributed by atoms with Gasteiger partial charge in [-0.1, -0.05) is 62.4 Å². The van der Waals surface area contributed by atoms with Crippen LogP contribution in [0.4, 0.5) is 53.3 Å². The van der Waals surface area contributed by atoms with Crippen LogP contribution in [0.5, 0.6) is 11.5 Å². The van der Waals surface area contributed by atoms with Gasteiger partial charge in [0.2, 0.25) is 9.84 Å². The van der Waals surface area contributed by atoms with Crippen LogP contribution < -0.4 is 41.4 Å². The summed E-state index contributed by atoms with van der Waals surface area (Å²) < 4.78 is 37.1. The number of anilines is 6. The average molecular weight is 787 g/mol. The van der Waals surface area contributed by atoms with Gasteiger partial charge in [-0.15, -0.1) is 0 Å². The molecule has 6 amide bonds. The Morgan fingerprint density at radius 1 is 0.386 bits per heavy atom. The van der Waals surface area contributed by atoms with Gasteiger partial charge in [-0.3, -0.25) is 10.6 Å². The van der Waals surface area contributed by atoms with Crippen molar-refractivity contribution < 1.29 is 37.1 Å². The molecule has 0 aliphatic carbocycles. The van der Waals surface area contributed by atoms with E-state index in [0.29, 0.717) is 45.6 Å². The summed E-state index contributed by atoms with van der Waals surface area (Å²) in [5, 5.41) is 15.8. The fraction of sp³-hybridized carbons (Fsp3) is 0.0476. The van der Waals surface area contributed by atoms with Gasteiger partial charge < -0.3 is 30.7 Å². The number of carbonyl (C=O) groups excluding carboxylic acids is 4. The van der Waals surface area contributed by atoms with Gasteiger partial charge >= 0.3 is 24.2 Å². The molecule has 0 heterocycles. The lowest BCUT2D eigenvalue weighted by molar-refractivity contribution is 0.214. The number of hydrogen-bond acceptors (Lipinski definition) is 8. The molecule has 0 spiro atoms. The fourth-order valence-corrected chi connectivity index (χ4v) is 6.25. The van der Waals surface area contributed by atoms with Crippen LogP contribution in [0, 0.1) is 0 Å². The highest BCUT2D eigenvalue weighted by Gasteiger charge is 2.18. The molecule has 14 nitrogen and oxygen atoms in total. The first kappa shape index (κ1) is 40.5. The minimum atomic E-state index is -3.94. The Morgan fingerprint density at radius 2 is 0.702 bits per heavy atom. The van der Waals surface area contributed by atoms with Crippen molar-refractivity contribution in [1.29, 1.82) is 0 Å². The van der Waals surface area contributed by atoms with E-state index >= 15 is 0 Å². The van der Waals surface area contributed by atoms with Gasteiger partial charge in [0.15, 0.2) is 0 Å². The van der Waals surface area contributed by atoms with Gasteiger partial charge in [-0.2, -0.15) is 0 Å². The molecule has 6 aromatic carbocycles. The van der Waals surface area contributed by atoms with E-state index in [2.05, 4.69) is 31.9 Å². The van der Waals surface area contributed by atoms with Crippen molar-refractivity contribution in [3.63, 3.8) is 0 Å². The van der Waals surface area contributed by atoms with Crippen molar-refractivity contribution in [2.24, 2.45) is 0 Å². The number of sulfone groups is 1. The number of nitrogens with one attached hydrogen (secondary N) is 6. The van der Waals surface area contributed by atoms with Crippen molar-refractivity contribution in [2.45, 2.75) is 23.6 Å². The molecule has 6 rings (SSSR count). The van der Waals surface area contributed by atoms with E-state index in [1.54, 1.807) is 109 Å².